The number of alkyl halides is 2. The fourth-order valence-corrected chi connectivity index (χ4v) is 4.51. The Morgan fingerprint density at radius 3 is 2.23 bits per heavy atom. The lowest BCUT2D eigenvalue weighted by molar-refractivity contribution is -0.116. The van der Waals surface area contributed by atoms with Crippen LogP contribution in [-0.2, 0) is 22.4 Å². The quantitative estimate of drug-likeness (QED) is 0.674. The molecule has 1 heterocycles. The van der Waals surface area contributed by atoms with Gasteiger partial charge in [-0.1, -0.05) is 13.8 Å². The van der Waals surface area contributed by atoms with Gasteiger partial charge >= 0.3 is 0 Å². The summed E-state index contributed by atoms with van der Waals surface area (Å²) in [4.78, 5) is 13.0. The first kappa shape index (κ1) is 22.5. The third-order valence-electron chi connectivity index (χ3n) is 6.17. The van der Waals surface area contributed by atoms with E-state index < -0.39 is 18.1 Å². The molecule has 2 N–H and O–H groups in total. The summed E-state index contributed by atoms with van der Waals surface area (Å²) < 4.78 is 37.2. The number of aliphatic hydroxyl groups excluding tert-OH is 1. The van der Waals surface area contributed by atoms with Crippen LogP contribution in [-0.4, -0.2) is 42.3 Å². The first-order chi connectivity index (χ1) is 14.1. The van der Waals surface area contributed by atoms with Gasteiger partial charge in [0.05, 0.1) is 17.2 Å². The van der Waals surface area contributed by atoms with Gasteiger partial charge < -0.3 is 19.9 Å². The van der Waals surface area contributed by atoms with Crippen molar-refractivity contribution < 1.29 is 28.2 Å². The summed E-state index contributed by atoms with van der Waals surface area (Å²) in [5, 5.41) is 14.2. The number of nitrogens with one attached hydrogen (secondary N) is 1. The predicted octanol–water partition coefficient (Wildman–Crippen LogP) is 4.57. The largest absolute Gasteiger partial charge is 0.509 e. The average Bonchev–Trinajstić information content (AvgIpc) is 2.95. The molecule has 1 aromatic carbocycles. The minimum atomic E-state index is -2.93. The molecule has 1 spiro atoms. The molecule has 2 aliphatic rings. The summed E-state index contributed by atoms with van der Waals surface area (Å²) in [6, 6.07) is 3.39. The Bertz CT molecular complexity index is 811. The number of aryl methyl sites for hydroxylation is 2. The Balaban J connectivity index is 2.02. The standard InChI is InChI=1S/C23H31F2NO4/c1-5-14-11-17(30-13-22(3,24)25)12-15(6-2)18(14)19-20(27)23(26-21(19)28)9-7-16(29-4)8-10-23/h11-12,16,27H,5-10,13H2,1-4H3,(H,26,28)/t16-,23+. The Morgan fingerprint density at radius 2 is 1.77 bits per heavy atom. The molecule has 1 amide bonds. The fraction of sp³-hybridized carbons (Fsp3) is 0.609. The normalized spacial score (nSPS) is 24.5. The van der Waals surface area contributed by atoms with Crippen LogP contribution in [0.1, 0.15) is 63.1 Å². The van der Waals surface area contributed by atoms with Crippen LogP contribution in [0.2, 0.25) is 0 Å². The van der Waals surface area contributed by atoms with Crippen molar-refractivity contribution in [1.29, 1.82) is 0 Å². The Morgan fingerprint density at radius 1 is 1.20 bits per heavy atom. The van der Waals surface area contributed by atoms with Crippen molar-refractivity contribution in [2.24, 2.45) is 0 Å². The zero-order valence-corrected chi connectivity index (χ0v) is 18.1. The van der Waals surface area contributed by atoms with E-state index in [1.165, 1.54) is 0 Å². The molecule has 0 aromatic heterocycles. The van der Waals surface area contributed by atoms with Crippen molar-refractivity contribution >= 4 is 11.5 Å². The summed E-state index contributed by atoms with van der Waals surface area (Å²) in [7, 11) is 1.68. The highest BCUT2D eigenvalue weighted by molar-refractivity contribution is 6.24. The highest BCUT2D eigenvalue weighted by atomic mass is 19.3. The van der Waals surface area contributed by atoms with Crippen molar-refractivity contribution in [2.45, 2.75) is 76.9 Å². The smallest absolute Gasteiger partial charge is 0.278 e. The van der Waals surface area contributed by atoms with Crippen molar-refractivity contribution in [3.63, 3.8) is 0 Å². The lowest BCUT2D eigenvalue weighted by Crippen LogP contribution is -2.48. The average molecular weight is 424 g/mol. The van der Waals surface area contributed by atoms with E-state index in [2.05, 4.69) is 5.32 Å². The number of methoxy groups -OCH3 is 1. The van der Waals surface area contributed by atoms with E-state index in [0.29, 0.717) is 42.6 Å². The van der Waals surface area contributed by atoms with Gasteiger partial charge in [-0.25, -0.2) is 8.78 Å². The molecule has 5 nitrogen and oxygen atoms in total. The highest BCUT2D eigenvalue weighted by Crippen LogP contribution is 2.44. The number of hydrogen-bond donors (Lipinski definition) is 2. The van der Waals surface area contributed by atoms with E-state index >= 15 is 0 Å². The van der Waals surface area contributed by atoms with Crippen LogP contribution < -0.4 is 10.1 Å². The van der Waals surface area contributed by atoms with Gasteiger partial charge in [0.2, 0.25) is 0 Å². The van der Waals surface area contributed by atoms with Gasteiger partial charge in [0, 0.05) is 14.0 Å². The minimum absolute atomic E-state index is 0.0835. The third-order valence-corrected chi connectivity index (χ3v) is 6.17. The lowest BCUT2D eigenvalue weighted by atomic mass is 9.78. The van der Waals surface area contributed by atoms with Crippen LogP contribution in [0.5, 0.6) is 5.75 Å². The van der Waals surface area contributed by atoms with Gasteiger partial charge in [-0.2, -0.15) is 0 Å². The van der Waals surface area contributed by atoms with Gasteiger partial charge in [0.15, 0.2) is 6.61 Å². The van der Waals surface area contributed by atoms with Gasteiger partial charge in [0.1, 0.15) is 11.5 Å². The predicted molar refractivity (Wildman–Crippen MR) is 111 cm³/mol. The van der Waals surface area contributed by atoms with Crippen molar-refractivity contribution in [3.05, 3.63) is 34.6 Å². The van der Waals surface area contributed by atoms with Gasteiger partial charge in [-0.15, -0.1) is 0 Å². The van der Waals surface area contributed by atoms with E-state index in [1.807, 2.05) is 13.8 Å². The molecule has 7 heteroatoms. The Labute approximate surface area is 176 Å². The molecule has 0 radical (unpaired) electrons. The first-order valence-corrected chi connectivity index (χ1v) is 10.6. The number of aliphatic hydroxyl groups is 1. The van der Waals surface area contributed by atoms with Crippen LogP contribution in [0.25, 0.3) is 5.57 Å². The molecule has 1 aliphatic carbocycles. The molecule has 1 aliphatic heterocycles. The fourth-order valence-electron chi connectivity index (χ4n) is 4.51. The van der Waals surface area contributed by atoms with Crippen LogP contribution in [0.15, 0.2) is 17.9 Å². The topological polar surface area (TPSA) is 67.8 Å². The van der Waals surface area contributed by atoms with Gasteiger partial charge in [-0.05, 0) is 67.3 Å². The molecule has 1 aromatic rings. The summed E-state index contributed by atoms with van der Waals surface area (Å²) in [6.07, 6.45) is 4.02. The molecular formula is C23H31F2NO4. The van der Waals surface area contributed by atoms with Crippen molar-refractivity contribution in [2.75, 3.05) is 13.7 Å². The monoisotopic (exact) mass is 423 g/mol. The number of rotatable bonds is 7. The van der Waals surface area contributed by atoms with E-state index in [9.17, 15) is 18.7 Å². The lowest BCUT2D eigenvalue weighted by Gasteiger charge is -2.36. The molecule has 1 fully saturated rings. The molecule has 0 unspecified atom stereocenters. The molecule has 166 valence electrons. The SMILES string of the molecule is CCc1cc(OCC(C)(F)F)cc(CC)c1C1=C(O)[C@]2(CC[C@H](OC)CC2)NC1=O. The number of amides is 1. The zero-order valence-electron chi connectivity index (χ0n) is 18.1. The van der Waals surface area contributed by atoms with Crippen molar-refractivity contribution in [3.8, 4) is 5.75 Å². The minimum Gasteiger partial charge on any atom is -0.509 e. The molecular weight excluding hydrogens is 392 g/mol. The summed E-state index contributed by atoms with van der Waals surface area (Å²) in [5.41, 5.74) is 1.83. The van der Waals surface area contributed by atoms with E-state index in [0.717, 1.165) is 30.9 Å². The Hall–Kier alpha value is -2.15. The van der Waals surface area contributed by atoms with E-state index in [-0.39, 0.29) is 17.8 Å². The summed E-state index contributed by atoms with van der Waals surface area (Å²) in [5.74, 6) is -2.79. The molecule has 0 bridgehead atoms. The number of carbonyl (C=O) groups excluding carboxylic acids is 1. The van der Waals surface area contributed by atoms with Crippen LogP contribution in [0, 0.1) is 0 Å². The number of hydrogen-bond acceptors (Lipinski definition) is 4. The van der Waals surface area contributed by atoms with E-state index in [1.54, 1.807) is 19.2 Å². The maximum Gasteiger partial charge on any atom is 0.278 e. The number of halogens is 2. The molecule has 0 saturated heterocycles. The second kappa shape index (κ2) is 8.53. The zero-order chi connectivity index (χ0) is 22.1. The molecule has 3 rings (SSSR count). The summed E-state index contributed by atoms with van der Waals surface area (Å²) >= 11 is 0. The maximum absolute atomic E-state index is 13.2. The second-order valence-electron chi connectivity index (χ2n) is 8.38. The maximum atomic E-state index is 13.2. The van der Waals surface area contributed by atoms with E-state index in [4.69, 9.17) is 9.47 Å². The van der Waals surface area contributed by atoms with Crippen molar-refractivity contribution in [1.82, 2.24) is 5.32 Å². The summed E-state index contributed by atoms with van der Waals surface area (Å²) in [6.45, 7) is 3.96. The van der Waals surface area contributed by atoms with Crippen LogP contribution in [0.4, 0.5) is 8.78 Å². The molecule has 1 saturated carbocycles. The number of benzene rings is 1. The highest BCUT2D eigenvalue weighted by Gasteiger charge is 2.48. The van der Waals surface area contributed by atoms with Gasteiger partial charge in [-0.3, -0.25) is 4.79 Å². The number of ether oxygens (including phenoxy) is 2. The van der Waals surface area contributed by atoms with Gasteiger partial charge in [0.25, 0.3) is 11.8 Å². The van der Waals surface area contributed by atoms with Crippen LogP contribution in [0.3, 0.4) is 0 Å². The Kier molecular flexibility index (Phi) is 6.41. The number of carbonyl (C=O) groups is 1. The second-order valence-corrected chi connectivity index (χ2v) is 8.38. The molecule has 0 atom stereocenters. The van der Waals surface area contributed by atoms with Crippen LogP contribution >= 0.6 is 0 Å². The molecule has 30 heavy (non-hydrogen) atoms. The first-order valence-electron chi connectivity index (χ1n) is 10.6. The third kappa shape index (κ3) is 4.31.